The zero-order valence-corrected chi connectivity index (χ0v) is 11.2. The molecule has 0 fully saturated rings. The first-order valence-electron chi connectivity index (χ1n) is 5.21. The summed E-state index contributed by atoms with van der Waals surface area (Å²) in [5, 5.41) is 4.18. The molecule has 1 amide bonds. The maximum atomic E-state index is 12.0. The molecule has 4 heteroatoms. The van der Waals surface area contributed by atoms with Crippen molar-refractivity contribution in [2.75, 3.05) is 5.32 Å². The average Bonchev–Trinajstić information content (AvgIpc) is 2.58. The minimum absolute atomic E-state index is 0.170. The molecule has 0 aliphatic rings. The fraction of sp³-hybridized carbons (Fsp3) is 0.154. The van der Waals surface area contributed by atoms with Crippen molar-refractivity contribution in [1.82, 2.24) is 0 Å². The van der Waals surface area contributed by atoms with E-state index in [0.29, 0.717) is 10.6 Å². The van der Waals surface area contributed by atoms with Gasteiger partial charge in [-0.05, 0) is 37.6 Å². The van der Waals surface area contributed by atoms with Gasteiger partial charge in [-0.25, -0.2) is 0 Å². The lowest BCUT2D eigenvalue weighted by Gasteiger charge is -2.03. The molecular formula is C13H12ClNOS. The zero-order chi connectivity index (χ0) is 12.4. The monoisotopic (exact) mass is 265 g/mol. The molecule has 1 N–H and O–H groups in total. The summed E-state index contributed by atoms with van der Waals surface area (Å²) in [5.74, 6) is -0.170. The molecule has 1 aromatic heterocycles. The number of anilines is 1. The van der Waals surface area contributed by atoms with E-state index < -0.39 is 0 Å². The largest absolute Gasteiger partial charge is 0.314 e. The van der Waals surface area contributed by atoms with E-state index in [0.717, 1.165) is 5.00 Å². The summed E-state index contributed by atoms with van der Waals surface area (Å²) in [4.78, 5) is 13.2. The summed E-state index contributed by atoms with van der Waals surface area (Å²) < 4.78 is 0. The fourth-order valence-corrected chi connectivity index (χ4v) is 2.61. The van der Waals surface area contributed by atoms with E-state index >= 15 is 0 Å². The SMILES string of the molecule is Cc1cc(NC(=O)c2ccccc2Cl)sc1C. The van der Waals surface area contributed by atoms with Crippen LogP contribution in [0, 0.1) is 13.8 Å². The lowest BCUT2D eigenvalue weighted by molar-refractivity contribution is 0.102. The Bertz CT molecular complexity index is 543. The lowest BCUT2D eigenvalue weighted by Crippen LogP contribution is -2.11. The van der Waals surface area contributed by atoms with E-state index in [1.165, 1.54) is 10.4 Å². The average molecular weight is 266 g/mol. The van der Waals surface area contributed by atoms with Gasteiger partial charge >= 0.3 is 0 Å². The molecule has 0 saturated carbocycles. The number of benzene rings is 1. The summed E-state index contributed by atoms with van der Waals surface area (Å²) >= 11 is 7.53. The normalized spacial score (nSPS) is 10.3. The van der Waals surface area contributed by atoms with Crippen molar-refractivity contribution >= 4 is 33.8 Å². The molecule has 2 nitrogen and oxygen atoms in total. The Morgan fingerprint density at radius 1 is 1.29 bits per heavy atom. The number of hydrogen-bond donors (Lipinski definition) is 1. The summed E-state index contributed by atoms with van der Waals surface area (Å²) in [6.45, 7) is 4.06. The highest BCUT2D eigenvalue weighted by Crippen LogP contribution is 2.26. The van der Waals surface area contributed by atoms with Crippen molar-refractivity contribution in [2.24, 2.45) is 0 Å². The summed E-state index contributed by atoms with van der Waals surface area (Å²) in [6, 6.07) is 8.99. The predicted octanol–water partition coefficient (Wildman–Crippen LogP) is 4.27. The highest BCUT2D eigenvalue weighted by Gasteiger charge is 2.11. The van der Waals surface area contributed by atoms with Crippen LogP contribution in [0.15, 0.2) is 30.3 Å². The number of carbonyl (C=O) groups is 1. The van der Waals surface area contributed by atoms with E-state index in [9.17, 15) is 4.79 Å². The number of thiophene rings is 1. The molecule has 0 spiro atoms. The predicted molar refractivity (Wildman–Crippen MR) is 73.2 cm³/mol. The van der Waals surface area contributed by atoms with Gasteiger partial charge < -0.3 is 5.32 Å². The van der Waals surface area contributed by atoms with Crippen LogP contribution in [-0.2, 0) is 0 Å². The molecule has 88 valence electrons. The molecule has 0 atom stereocenters. The second-order valence-electron chi connectivity index (χ2n) is 3.78. The van der Waals surface area contributed by atoms with E-state index in [-0.39, 0.29) is 5.91 Å². The molecule has 0 saturated heterocycles. The molecule has 0 bridgehead atoms. The van der Waals surface area contributed by atoms with Crippen molar-refractivity contribution in [1.29, 1.82) is 0 Å². The zero-order valence-electron chi connectivity index (χ0n) is 9.58. The first-order chi connectivity index (χ1) is 8.08. The molecule has 0 unspecified atom stereocenters. The van der Waals surface area contributed by atoms with Crippen LogP contribution >= 0.6 is 22.9 Å². The van der Waals surface area contributed by atoms with Crippen LogP contribution in [0.25, 0.3) is 0 Å². The van der Waals surface area contributed by atoms with Crippen molar-refractivity contribution in [3.63, 3.8) is 0 Å². The van der Waals surface area contributed by atoms with Crippen LogP contribution in [0.2, 0.25) is 5.02 Å². The Labute approximate surface area is 109 Å². The number of rotatable bonds is 2. The van der Waals surface area contributed by atoms with Gasteiger partial charge in [0.25, 0.3) is 5.91 Å². The molecule has 1 aromatic carbocycles. The molecule has 1 heterocycles. The molecule has 2 aromatic rings. The second-order valence-corrected chi connectivity index (χ2v) is 5.45. The molecule has 0 aliphatic heterocycles. The van der Waals surface area contributed by atoms with Crippen LogP contribution in [-0.4, -0.2) is 5.91 Å². The summed E-state index contributed by atoms with van der Waals surface area (Å²) in [5.41, 5.74) is 1.68. The third-order valence-corrected chi connectivity index (χ3v) is 3.92. The summed E-state index contributed by atoms with van der Waals surface area (Å²) in [6.07, 6.45) is 0. The van der Waals surface area contributed by atoms with Gasteiger partial charge in [0.1, 0.15) is 0 Å². The third kappa shape index (κ3) is 2.68. The number of amides is 1. The van der Waals surface area contributed by atoms with Gasteiger partial charge in [-0.2, -0.15) is 0 Å². The standard InChI is InChI=1S/C13H12ClNOS/c1-8-7-12(17-9(8)2)15-13(16)10-5-3-4-6-11(10)14/h3-7H,1-2H3,(H,15,16). The number of carbonyl (C=O) groups excluding carboxylic acids is 1. The minimum Gasteiger partial charge on any atom is -0.314 e. The summed E-state index contributed by atoms with van der Waals surface area (Å²) in [7, 11) is 0. The topological polar surface area (TPSA) is 29.1 Å². The van der Waals surface area contributed by atoms with Crippen LogP contribution in [0.1, 0.15) is 20.8 Å². The quantitative estimate of drug-likeness (QED) is 0.863. The van der Waals surface area contributed by atoms with Crippen molar-refractivity contribution in [3.05, 3.63) is 51.4 Å². The van der Waals surface area contributed by atoms with E-state index in [4.69, 9.17) is 11.6 Å². The highest BCUT2D eigenvalue weighted by molar-refractivity contribution is 7.16. The second kappa shape index (κ2) is 4.90. The third-order valence-electron chi connectivity index (χ3n) is 2.52. The Kier molecular flexibility index (Phi) is 3.50. The Morgan fingerprint density at radius 2 is 2.00 bits per heavy atom. The molecule has 17 heavy (non-hydrogen) atoms. The first kappa shape index (κ1) is 12.1. The first-order valence-corrected chi connectivity index (χ1v) is 6.40. The number of halogens is 1. The Balaban J connectivity index is 2.20. The lowest BCUT2D eigenvalue weighted by atomic mass is 10.2. The van der Waals surface area contributed by atoms with Gasteiger partial charge in [0, 0.05) is 4.88 Å². The van der Waals surface area contributed by atoms with E-state index in [2.05, 4.69) is 5.32 Å². The van der Waals surface area contributed by atoms with Crippen LogP contribution < -0.4 is 5.32 Å². The Hall–Kier alpha value is -1.32. The van der Waals surface area contributed by atoms with Gasteiger partial charge in [0.2, 0.25) is 0 Å². The number of nitrogens with one attached hydrogen (secondary N) is 1. The molecular weight excluding hydrogens is 254 g/mol. The van der Waals surface area contributed by atoms with E-state index in [1.54, 1.807) is 35.6 Å². The van der Waals surface area contributed by atoms with Crippen LogP contribution in [0.4, 0.5) is 5.00 Å². The van der Waals surface area contributed by atoms with Gasteiger partial charge in [-0.1, -0.05) is 23.7 Å². The minimum atomic E-state index is -0.170. The van der Waals surface area contributed by atoms with Crippen LogP contribution in [0.3, 0.4) is 0 Å². The highest BCUT2D eigenvalue weighted by atomic mass is 35.5. The van der Waals surface area contributed by atoms with Crippen molar-refractivity contribution in [3.8, 4) is 0 Å². The van der Waals surface area contributed by atoms with E-state index in [1.807, 2.05) is 19.9 Å². The van der Waals surface area contributed by atoms with Gasteiger partial charge in [0.05, 0.1) is 15.6 Å². The maximum absolute atomic E-state index is 12.0. The smallest absolute Gasteiger partial charge is 0.257 e. The molecule has 0 aliphatic carbocycles. The molecule has 2 rings (SSSR count). The van der Waals surface area contributed by atoms with Gasteiger partial charge in [0.15, 0.2) is 0 Å². The van der Waals surface area contributed by atoms with Gasteiger partial charge in [-0.3, -0.25) is 4.79 Å². The number of hydrogen-bond acceptors (Lipinski definition) is 2. The maximum Gasteiger partial charge on any atom is 0.257 e. The number of aryl methyl sites for hydroxylation is 2. The van der Waals surface area contributed by atoms with Crippen molar-refractivity contribution in [2.45, 2.75) is 13.8 Å². The van der Waals surface area contributed by atoms with Crippen LogP contribution in [0.5, 0.6) is 0 Å². The van der Waals surface area contributed by atoms with Gasteiger partial charge in [-0.15, -0.1) is 11.3 Å². The van der Waals surface area contributed by atoms with Crippen molar-refractivity contribution < 1.29 is 4.79 Å². The molecule has 0 radical (unpaired) electrons. The Morgan fingerprint density at radius 3 is 2.59 bits per heavy atom. The fourth-order valence-electron chi connectivity index (χ4n) is 1.46.